The highest BCUT2D eigenvalue weighted by Crippen LogP contribution is 2.32. The van der Waals surface area contributed by atoms with Gasteiger partial charge in [-0.3, -0.25) is 9.00 Å². The lowest BCUT2D eigenvalue weighted by Gasteiger charge is -2.12. The van der Waals surface area contributed by atoms with Crippen LogP contribution in [-0.2, 0) is 33.5 Å². The van der Waals surface area contributed by atoms with Gasteiger partial charge in [0.15, 0.2) is 11.5 Å². The highest BCUT2D eigenvalue weighted by molar-refractivity contribution is 7.83. The molecule has 0 radical (unpaired) electrons. The van der Waals surface area contributed by atoms with Crippen molar-refractivity contribution in [3.63, 3.8) is 0 Å². The van der Waals surface area contributed by atoms with Crippen molar-refractivity contribution in [3.05, 3.63) is 65.4 Å². The average molecular weight is 411 g/mol. The maximum absolute atomic E-state index is 12.8. The number of ether oxygens (including phenoxy) is 2. The Balaban J connectivity index is 1.61. The lowest BCUT2D eigenvalue weighted by atomic mass is 10.1. The van der Waals surface area contributed by atoms with Crippen LogP contribution in [0.4, 0.5) is 5.82 Å². The third-order valence-corrected chi connectivity index (χ3v) is 5.95. The molecular weight excluding hydrogens is 390 g/mol. The van der Waals surface area contributed by atoms with Crippen LogP contribution in [0.1, 0.15) is 16.8 Å². The number of nitrogens with zero attached hydrogens (tertiary/aromatic N) is 2. The number of fused-ring (bicyclic) bond motifs is 1. The Labute approximate surface area is 171 Å². The van der Waals surface area contributed by atoms with Crippen LogP contribution < -0.4 is 14.8 Å². The lowest BCUT2D eigenvalue weighted by Crippen LogP contribution is -2.18. The zero-order valence-electron chi connectivity index (χ0n) is 16.2. The molecule has 150 valence electrons. The summed E-state index contributed by atoms with van der Waals surface area (Å²) in [5.74, 6) is 2.39. The maximum atomic E-state index is 12.8. The molecule has 1 unspecified atom stereocenters. The fourth-order valence-corrected chi connectivity index (χ4v) is 4.63. The molecule has 0 spiro atoms. The van der Waals surface area contributed by atoms with Gasteiger partial charge in [-0.25, -0.2) is 4.68 Å². The van der Waals surface area contributed by atoms with Crippen molar-refractivity contribution < 1.29 is 18.5 Å². The minimum atomic E-state index is -0.982. The van der Waals surface area contributed by atoms with E-state index >= 15 is 0 Å². The molecule has 0 bridgehead atoms. The van der Waals surface area contributed by atoms with Crippen LogP contribution in [0.3, 0.4) is 0 Å². The summed E-state index contributed by atoms with van der Waals surface area (Å²) in [6.45, 7) is 0. The second-order valence-corrected chi connectivity index (χ2v) is 8.12. The molecule has 1 N–H and O–H groups in total. The van der Waals surface area contributed by atoms with Gasteiger partial charge < -0.3 is 14.8 Å². The van der Waals surface area contributed by atoms with Crippen LogP contribution >= 0.6 is 0 Å². The summed E-state index contributed by atoms with van der Waals surface area (Å²) in [5.41, 5.74) is 3.25. The Morgan fingerprint density at radius 2 is 1.86 bits per heavy atom. The van der Waals surface area contributed by atoms with Gasteiger partial charge in [-0.2, -0.15) is 5.10 Å². The fraction of sp³-hybridized carbons (Fsp3) is 0.238. The van der Waals surface area contributed by atoms with E-state index in [0.29, 0.717) is 28.8 Å². The van der Waals surface area contributed by atoms with Crippen molar-refractivity contribution in [2.75, 3.05) is 19.5 Å². The number of carbonyl (C=O) groups excluding carboxylic acids is 1. The number of nitrogens with one attached hydrogen (secondary N) is 1. The fourth-order valence-electron chi connectivity index (χ4n) is 3.36. The minimum absolute atomic E-state index is 0.165. The quantitative estimate of drug-likeness (QED) is 0.675. The van der Waals surface area contributed by atoms with Crippen molar-refractivity contribution in [1.29, 1.82) is 0 Å². The van der Waals surface area contributed by atoms with Crippen molar-refractivity contribution in [1.82, 2.24) is 9.78 Å². The first kappa shape index (κ1) is 19.2. The zero-order chi connectivity index (χ0) is 20.4. The number of methoxy groups -OCH3 is 2. The number of aromatic nitrogens is 2. The molecule has 2 heterocycles. The van der Waals surface area contributed by atoms with Gasteiger partial charge in [0.05, 0.1) is 43.5 Å². The second kappa shape index (κ2) is 8.08. The van der Waals surface area contributed by atoms with Crippen molar-refractivity contribution in [3.8, 4) is 17.2 Å². The van der Waals surface area contributed by atoms with Gasteiger partial charge in [0.2, 0.25) is 5.91 Å². The Morgan fingerprint density at radius 3 is 2.59 bits per heavy atom. The van der Waals surface area contributed by atoms with Crippen LogP contribution in [0, 0.1) is 0 Å². The van der Waals surface area contributed by atoms with Gasteiger partial charge in [0, 0.05) is 16.4 Å². The molecule has 1 aliphatic rings. The number of anilines is 1. The van der Waals surface area contributed by atoms with Crippen LogP contribution in [-0.4, -0.2) is 34.1 Å². The van der Waals surface area contributed by atoms with E-state index < -0.39 is 10.8 Å². The maximum Gasteiger partial charge on any atom is 0.229 e. The number of amides is 1. The molecule has 7 nitrogen and oxygen atoms in total. The number of rotatable bonds is 6. The second-order valence-electron chi connectivity index (χ2n) is 6.66. The van der Waals surface area contributed by atoms with Gasteiger partial charge in [0.1, 0.15) is 5.82 Å². The predicted molar refractivity (Wildman–Crippen MR) is 111 cm³/mol. The lowest BCUT2D eigenvalue weighted by molar-refractivity contribution is -0.115. The Kier molecular flexibility index (Phi) is 5.35. The van der Waals surface area contributed by atoms with Crippen molar-refractivity contribution >= 4 is 22.5 Å². The largest absolute Gasteiger partial charge is 0.493 e. The smallest absolute Gasteiger partial charge is 0.229 e. The van der Waals surface area contributed by atoms with Crippen molar-refractivity contribution in [2.45, 2.75) is 17.9 Å². The molecule has 1 amide bonds. The molecule has 2 aromatic carbocycles. The molecule has 8 heteroatoms. The zero-order valence-corrected chi connectivity index (χ0v) is 17.0. The number of carbonyl (C=O) groups is 1. The molecule has 1 atom stereocenters. The Hall–Kier alpha value is -3.13. The summed E-state index contributed by atoms with van der Waals surface area (Å²) in [5, 5.41) is 7.57. The topological polar surface area (TPSA) is 82.5 Å². The Morgan fingerprint density at radius 1 is 1.10 bits per heavy atom. The van der Waals surface area contributed by atoms with Gasteiger partial charge in [-0.05, 0) is 29.8 Å². The standard InChI is InChI=1S/C21H21N3O4S/c1-27-18-9-8-14(10-19(18)28-2)11-20(25)22-21-16-12-29(26)13-17(16)23-24(21)15-6-4-3-5-7-15/h3-10H,11-13H2,1-2H3,(H,22,25). The molecule has 0 saturated carbocycles. The summed E-state index contributed by atoms with van der Waals surface area (Å²) in [7, 11) is 2.15. The monoisotopic (exact) mass is 411 g/mol. The highest BCUT2D eigenvalue weighted by atomic mass is 32.2. The number of benzene rings is 2. The van der Waals surface area contributed by atoms with E-state index in [0.717, 1.165) is 22.5 Å². The molecule has 3 aromatic rings. The number of hydrogen-bond acceptors (Lipinski definition) is 5. The van der Waals surface area contributed by atoms with Gasteiger partial charge in [-0.1, -0.05) is 24.3 Å². The predicted octanol–water partition coefficient (Wildman–Crippen LogP) is 2.83. The van der Waals surface area contributed by atoms with Gasteiger partial charge in [-0.15, -0.1) is 0 Å². The normalized spacial score (nSPS) is 15.0. The average Bonchev–Trinajstić information content (AvgIpc) is 3.25. The van der Waals surface area contributed by atoms with E-state index in [4.69, 9.17) is 9.47 Å². The summed E-state index contributed by atoms with van der Waals surface area (Å²) in [6.07, 6.45) is 0.165. The van der Waals surface area contributed by atoms with Gasteiger partial charge >= 0.3 is 0 Å². The first-order chi connectivity index (χ1) is 14.1. The van der Waals surface area contributed by atoms with Crippen LogP contribution in [0.5, 0.6) is 11.5 Å². The van der Waals surface area contributed by atoms with E-state index in [-0.39, 0.29) is 12.3 Å². The third-order valence-electron chi connectivity index (χ3n) is 4.74. The SMILES string of the molecule is COc1ccc(CC(=O)Nc2c3c(nn2-c2ccccc2)CS(=O)C3)cc1OC. The highest BCUT2D eigenvalue weighted by Gasteiger charge is 2.28. The number of para-hydroxylation sites is 1. The first-order valence-corrected chi connectivity index (χ1v) is 10.6. The first-order valence-electron chi connectivity index (χ1n) is 9.11. The van der Waals surface area contributed by atoms with Crippen LogP contribution in [0.25, 0.3) is 5.69 Å². The molecule has 1 aromatic heterocycles. The van der Waals surface area contributed by atoms with Gasteiger partial charge in [0.25, 0.3) is 0 Å². The van der Waals surface area contributed by atoms with E-state index in [1.54, 1.807) is 31.0 Å². The summed E-state index contributed by atoms with van der Waals surface area (Å²) >= 11 is 0. The third kappa shape index (κ3) is 3.88. The summed E-state index contributed by atoms with van der Waals surface area (Å²) < 4.78 is 24.3. The van der Waals surface area contributed by atoms with E-state index in [2.05, 4.69) is 10.4 Å². The molecule has 1 aliphatic heterocycles. The molecule has 29 heavy (non-hydrogen) atoms. The number of hydrogen-bond donors (Lipinski definition) is 1. The van der Waals surface area contributed by atoms with E-state index in [1.165, 1.54) is 0 Å². The molecule has 0 fully saturated rings. The van der Waals surface area contributed by atoms with Crippen LogP contribution in [0.15, 0.2) is 48.5 Å². The summed E-state index contributed by atoms with van der Waals surface area (Å²) in [4.78, 5) is 12.8. The molecular formula is C21H21N3O4S. The van der Waals surface area contributed by atoms with Crippen LogP contribution in [0.2, 0.25) is 0 Å². The Bertz CT molecular complexity index is 1080. The van der Waals surface area contributed by atoms with E-state index in [9.17, 15) is 9.00 Å². The molecule has 0 saturated heterocycles. The minimum Gasteiger partial charge on any atom is -0.493 e. The van der Waals surface area contributed by atoms with Crippen molar-refractivity contribution in [2.24, 2.45) is 0 Å². The van der Waals surface area contributed by atoms with E-state index in [1.807, 2.05) is 36.4 Å². The molecule has 4 rings (SSSR count). The molecule has 0 aliphatic carbocycles. The summed E-state index contributed by atoms with van der Waals surface area (Å²) in [6, 6.07) is 15.0.